The van der Waals surface area contributed by atoms with Gasteiger partial charge >= 0.3 is 0 Å². The van der Waals surface area contributed by atoms with Crippen LogP contribution in [0.1, 0.15) is 62.2 Å². The van der Waals surface area contributed by atoms with Crippen LogP contribution >= 0.6 is 0 Å². The summed E-state index contributed by atoms with van der Waals surface area (Å²) in [5.41, 5.74) is 0.726. The van der Waals surface area contributed by atoms with Gasteiger partial charge in [0.25, 0.3) is 5.91 Å². The lowest BCUT2D eigenvalue weighted by Gasteiger charge is -2.37. The number of carbonyl (C=O) groups excluding carboxylic acids is 1. The van der Waals surface area contributed by atoms with Crippen molar-refractivity contribution in [3.05, 3.63) is 29.8 Å². The SMILES string of the molecule is CCCOc1ccccc1C(=O)N1CCCC[C@H]1CCN1CCCC1. The molecule has 0 saturated carbocycles. The third-order valence-electron chi connectivity index (χ3n) is 5.44. The van der Waals surface area contributed by atoms with E-state index in [1.807, 2.05) is 24.3 Å². The molecule has 2 fully saturated rings. The molecular weight excluding hydrogens is 312 g/mol. The first-order valence-corrected chi connectivity index (χ1v) is 10.0. The van der Waals surface area contributed by atoms with Crippen LogP contribution in [0.5, 0.6) is 5.75 Å². The highest BCUT2D eigenvalue weighted by atomic mass is 16.5. The van der Waals surface area contributed by atoms with E-state index in [4.69, 9.17) is 4.74 Å². The number of likely N-dealkylation sites (tertiary alicyclic amines) is 2. The van der Waals surface area contributed by atoms with Crippen LogP contribution in [-0.2, 0) is 0 Å². The van der Waals surface area contributed by atoms with Crippen molar-refractivity contribution in [3.8, 4) is 5.75 Å². The molecule has 0 radical (unpaired) electrons. The number of ether oxygens (including phenoxy) is 1. The summed E-state index contributed by atoms with van der Waals surface area (Å²) in [5.74, 6) is 0.885. The molecule has 138 valence electrons. The van der Waals surface area contributed by atoms with Gasteiger partial charge < -0.3 is 14.5 Å². The van der Waals surface area contributed by atoms with Crippen LogP contribution in [-0.4, -0.2) is 54.5 Å². The van der Waals surface area contributed by atoms with Crippen LogP contribution in [0, 0.1) is 0 Å². The van der Waals surface area contributed by atoms with Crippen LogP contribution in [0.2, 0.25) is 0 Å². The van der Waals surface area contributed by atoms with E-state index in [0.29, 0.717) is 12.6 Å². The molecule has 4 heteroatoms. The molecule has 2 aliphatic rings. The first-order chi connectivity index (χ1) is 12.3. The van der Waals surface area contributed by atoms with E-state index in [2.05, 4.69) is 16.7 Å². The Morgan fingerprint density at radius 3 is 2.68 bits per heavy atom. The number of piperidine rings is 1. The number of hydrogen-bond donors (Lipinski definition) is 0. The van der Waals surface area contributed by atoms with E-state index >= 15 is 0 Å². The van der Waals surface area contributed by atoms with Crippen LogP contribution in [0.3, 0.4) is 0 Å². The van der Waals surface area contributed by atoms with Gasteiger partial charge in [-0.05, 0) is 70.2 Å². The quantitative estimate of drug-likeness (QED) is 0.751. The molecule has 1 aromatic carbocycles. The fourth-order valence-electron chi connectivity index (χ4n) is 4.04. The molecule has 4 nitrogen and oxygen atoms in total. The van der Waals surface area contributed by atoms with Gasteiger partial charge in [-0.1, -0.05) is 19.1 Å². The smallest absolute Gasteiger partial charge is 0.257 e. The Hall–Kier alpha value is -1.55. The van der Waals surface area contributed by atoms with Gasteiger partial charge in [-0.2, -0.15) is 0 Å². The molecule has 0 aromatic heterocycles. The Kier molecular flexibility index (Phi) is 6.74. The van der Waals surface area contributed by atoms with Crippen LogP contribution in [0.25, 0.3) is 0 Å². The van der Waals surface area contributed by atoms with Gasteiger partial charge in [0.1, 0.15) is 5.75 Å². The molecule has 1 aromatic rings. The van der Waals surface area contributed by atoms with Gasteiger partial charge in [-0.15, -0.1) is 0 Å². The van der Waals surface area contributed by atoms with Crippen molar-refractivity contribution in [2.75, 3.05) is 32.8 Å². The van der Waals surface area contributed by atoms with E-state index < -0.39 is 0 Å². The summed E-state index contributed by atoms with van der Waals surface area (Å²) in [4.78, 5) is 17.9. The zero-order chi connectivity index (χ0) is 17.5. The van der Waals surface area contributed by atoms with Crippen molar-refractivity contribution in [2.45, 2.75) is 57.9 Å². The number of rotatable bonds is 7. The fraction of sp³-hybridized carbons (Fsp3) is 0.667. The van der Waals surface area contributed by atoms with Gasteiger partial charge in [-0.25, -0.2) is 0 Å². The van der Waals surface area contributed by atoms with Gasteiger partial charge in [0.05, 0.1) is 12.2 Å². The molecule has 0 N–H and O–H groups in total. The topological polar surface area (TPSA) is 32.8 Å². The third kappa shape index (κ3) is 4.75. The zero-order valence-corrected chi connectivity index (χ0v) is 15.6. The molecule has 0 aliphatic carbocycles. The molecule has 1 atom stereocenters. The number of benzene rings is 1. The van der Waals surface area contributed by atoms with Crippen LogP contribution in [0.4, 0.5) is 0 Å². The largest absolute Gasteiger partial charge is 0.493 e. The minimum Gasteiger partial charge on any atom is -0.493 e. The predicted octanol–water partition coefficient (Wildman–Crippen LogP) is 3.96. The first-order valence-electron chi connectivity index (χ1n) is 10.0. The van der Waals surface area contributed by atoms with Crippen LogP contribution in [0.15, 0.2) is 24.3 Å². The van der Waals surface area contributed by atoms with Crippen molar-refractivity contribution in [1.29, 1.82) is 0 Å². The lowest BCUT2D eigenvalue weighted by Crippen LogP contribution is -2.45. The Bertz CT molecular complexity index is 555. The molecular formula is C21H32N2O2. The minimum absolute atomic E-state index is 0.151. The molecule has 2 heterocycles. The average molecular weight is 344 g/mol. The maximum Gasteiger partial charge on any atom is 0.257 e. The average Bonchev–Trinajstić information content (AvgIpc) is 3.18. The summed E-state index contributed by atoms with van der Waals surface area (Å²) in [6, 6.07) is 8.10. The van der Waals surface area contributed by atoms with Crippen molar-refractivity contribution < 1.29 is 9.53 Å². The second-order valence-corrected chi connectivity index (χ2v) is 7.33. The van der Waals surface area contributed by atoms with Crippen LogP contribution < -0.4 is 4.74 Å². The van der Waals surface area contributed by atoms with Crippen molar-refractivity contribution in [2.24, 2.45) is 0 Å². The number of para-hydroxylation sites is 1. The number of amides is 1. The normalized spacial score (nSPS) is 21.5. The summed E-state index contributed by atoms with van der Waals surface area (Å²) in [5, 5.41) is 0. The Labute approximate surface area is 152 Å². The molecule has 0 spiro atoms. The maximum absolute atomic E-state index is 13.2. The lowest BCUT2D eigenvalue weighted by atomic mass is 9.97. The molecule has 3 rings (SSSR count). The summed E-state index contributed by atoms with van der Waals surface area (Å²) < 4.78 is 5.82. The molecule has 1 amide bonds. The zero-order valence-electron chi connectivity index (χ0n) is 15.6. The van der Waals surface area contributed by atoms with Crippen molar-refractivity contribution in [1.82, 2.24) is 9.80 Å². The van der Waals surface area contributed by atoms with Crippen molar-refractivity contribution >= 4 is 5.91 Å². The van der Waals surface area contributed by atoms with E-state index in [1.165, 1.54) is 32.4 Å². The standard InChI is InChI=1S/C21H32N2O2/c1-2-17-25-20-11-4-3-10-19(20)21(24)23-15-6-5-9-18(23)12-16-22-13-7-8-14-22/h3-4,10-11,18H,2,5-9,12-17H2,1H3/t18-/m0/s1. The number of carbonyl (C=O) groups is 1. The van der Waals surface area contributed by atoms with E-state index in [1.54, 1.807) is 0 Å². The van der Waals surface area contributed by atoms with Gasteiger partial charge in [0, 0.05) is 19.1 Å². The maximum atomic E-state index is 13.2. The first kappa shape index (κ1) is 18.2. The fourth-order valence-corrected chi connectivity index (χ4v) is 4.04. The highest BCUT2D eigenvalue weighted by molar-refractivity contribution is 5.97. The summed E-state index contributed by atoms with van der Waals surface area (Å²) in [6.45, 7) is 7.21. The Balaban J connectivity index is 1.67. The third-order valence-corrected chi connectivity index (χ3v) is 5.44. The summed E-state index contributed by atoms with van der Waals surface area (Å²) in [6.07, 6.45) is 8.20. The van der Waals surface area contributed by atoms with Gasteiger partial charge in [0.15, 0.2) is 0 Å². The Morgan fingerprint density at radius 2 is 1.88 bits per heavy atom. The second kappa shape index (κ2) is 9.23. The van der Waals surface area contributed by atoms with E-state index in [0.717, 1.165) is 50.1 Å². The molecule has 25 heavy (non-hydrogen) atoms. The van der Waals surface area contributed by atoms with Gasteiger partial charge in [0.2, 0.25) is 0 Å². The highest BCUT2D eigenvalue weighted by Crippen LogP contribution is 2.26. The molecule has 2 aliphatic heterocycles. The van der Waals surface area contributed by atoms with Gasteiger partial charge in [-0.3, -0.25) is 4.79 Å². The van der Waals surface area contributed by atoms with E-state index in [9.17, 15) is 4.79 Å². The van der Waals surface area contributed by atoms with Crippen molar-refractivity contribution in [3.63, 3.8) is 0 Å². The molecule has 2 saturated heterocycles. The molecule has 0 bridgehead atoms. The minimum atomic E-state index is 0.151. The number of hydrogen-bond acceptors (Lipinski definition) is 3. The summed E-state index contributed by atoms with van der Waals surface area (Å²) >= 11 is 0. The summed E-state index contributed by atoms with van der Waals surface area (Å²) in [7, 11) is 0. The predicted molar refractivity (Wildman–Crippen MR) is 101 cm³/mol. The lowest BCUT2D eigenvalue weighted by molar-refractivity contribution is 0.0583. The highest BCUT2D eigenvalue weighted by Gasteiger charge is 2.29. The molecule has 0 unspecified atom stereocenters. The Morgan fingerprint density at radius 1 is 1.12 bits per heavy atom. The monoisotopic (exact) mass is 344 g/mol. The second-order valence-electron chi connectivity index (χ2n) is 7.33. The number of nitrogens with zero attached hydrogens (tertiary/aromatic N) is 2. The van der Waals surface area contributed by atoms with E-state index in [-0.39, 0.29) is 5.91 Å².